The smallest absolute Gasteiger partial charge is 0.275 e. The van der Waals surface area contributed by atoms with Crippen LogP contribution < -0.4 is 24.3 Å². The number of anilines is 1. The van der Waals surface area contributed by atoms with E-state index in [1.54, 1.807) is 24.6 Å². The van der Waals surface area contributed by atoms with Gasteiger partial charge in [-0.1, -0.05) is 12.1 Å². The maximum atomic E-state index is 12.6. The highest BCUT2D eigenvalue weighted by Crippen LogP contribution is 2.40. The molecule has 0 aliphatic rings. The van der Waals surface area contributed by atoms with Crippen molar-refractivity contribution in [2.75, 3.05) is 33.8 Å². The van der Waals surface area contributed by atoms with Gasteiger partial charge in [-0.05, 0) is 17.7 Å². The van der Waals surface area contributed by atoms with Crippen LogP contribution in [0.3, 0.4) is 0 Å². The number of methoxy groups -OCH3 is 4. The van der Waals surface area contributed by atoms with Crippen molar-refractivity contribution in [3.05, 3.63) is 58.0 Å². The molecular weight excluding hydrogens is 392 g/mol. The SMILES string of the molecule is COc1ccc(Cc2nc(C(=O)Nc3cc(OC)c(OC)c(OC)c3)cs2)cc1. The second-order valence-electron chi connectivity index (χ2n) is 6.02. The quantitative estimate of drug-likeness (QED) is 0.600. The highest BCUT2D eigenvalue weighted by Gasteiger charge is 2.16. The van der Waals surface area contributed by atoms with Crippen LogP contribution in [0.2, 0.25) is 0 Å². The van der Waals surface area contributed by atoms with Crippen LogP contribution in [0, 0.1) is 0 Å². The van der Waals surface area contributed by atoms with E-state index in [4.69, 9.17) is 18.9 Å². The van der Waals surface area contributed by atoms with Gasteiger partial charge in [0.25, 0.3) is 5.91 Å². The molecule has 0 saturated heterocycles. The fourth-order valence-electron chi connectivity index (χ4n) is 2.76. The number of rotatable bonds is 8. The third-order valence-electron chi connectivity index (χ3n) is 4.22. The summed E-state index contributed by atoms with van der Waals surface area (Å²) in [6, 6.07) is 11.1. The Morgan fingerprint density at radius 3 is 2.17 bits per heavy atom. The molecule has 0 radical (unpaired) electrons. The highest BCUT2D eigenvalue weighted by atomic mass is 32.1. The number of amides is 1. The van der Waals surface area contributed by atoms with E-state index in [2.05, 4.69) is 10.3 Å². The first-order chi connectivity index (χ1) is 14.1. The number of thiazole rings is 1. The van der Waals surface area contributed by atoms with E-state index in [1.165, 1.54) is 32.7 Å². The lowest BCUT2D eigenvalue weighted by molar-refractivity contribution is 0.102. The molecule has 29 heavy (non-hydrogen) atoms. The Morgan fingerprint density at radius 1 is 0.966 bits per heavy atom. The van der Waals surface area contributed by atoms with Crippen LogP contribution in [0.4, 0.5) is 5.69 Å². The second-order valence-corrected chi connectivity index (χ2v) is 6.96. The molecule has 0 aliphatic heterocycles. The zero-order valence-electron chi connectivity index (χ0n) is 16.6. The van der Waals surface area contributed by atoms with Crippen molar-refractivity contribution in [3.63, 3.8) is 0 Å². The number of aromatic nitrogens is 1. The van der Waals surface area contributed by atoms with Gasteiger partial charge < -0.3 is 24.3 Å². The molecule has 3 rings (SSSR count). The molecule has 0 fully saturated rings. The lowest BCUT2D eigenvalue weighted by atomic mass is 10.1. The van der Waals surface area contributed by atoms with Crippen LogP contribution in [0.25, 0.3) is 0 Å². The van der Waals surface area contributed by atoms with Crippen molar-refractivity contribution in [1.29, 1.82) is 0 Å². The summed E-state index contributed by atoms with van der Waals surface area (Å²) in [6.07, 6.45) is 0.645. The summed E-state index contributed by atoms with van der Waals surface area (Å²) < 4.78 is 21.1. The zero-order valence-corrected chi connectivity index (χ0v) is 17.5. The monoisotopic (exact) mass is 414 g/mol. The van der Waals surface area contributed by atoms with E-state index in [0.29, 0.717) is 35.1 Å². The fraction of sp³-hybridized carbons (Fsp3) is 0.238. The third-order valence-corrected chi connectivity index (χ3v) is 5.07. The topological polar surface area (TPSA) is 78.9 Å². The van der Waals surface area contributed by atoms with Gasteiger partial charge in [0.05, 0.1) is 33.4 Å². The van der Waals surface area contributed by atoms with Crippen molar-refractivity contribution in [2.24, 2.45) is 0 Å². The van der Waals surface area contributed by atoms with Crippen LogP contribution in [0.5, 0.6) is 23.0 Å². The Balaban J connectivity index is 1.73. The van der Waals surface area contributed by atoms with Gasteiger partial charge in [-0.15, -0.1) is 11.3 Å². The molecule has 3 aromatic rings. The van der Waals surface area contributed by atoms with Crippen LogP contribution >= 0.6 is 11.3 Å². The van der Waals surface area contributed by atoms with Crippen molar-refractivity contribution in [2.45, 2.75) is 6.42 Å². The number of carbonyl (C=O) groups excluding carboxylic acids is 1. The molecule has 152 valence electrons. The number of ether oxygens (including phenoxy) is 4. The first kappa shape index (κ1) is 20.5. The largest absolute Gasteiger partial charge is 0.497 e. The predicted molar refractivity (Wildman–Crippen MR) is 112 cm³/mol. The van der Waals surface area contributed by atoms with Crippen molar-refractivity contribution >= 4 is 22.9 Å². The van der Waals surface area contributed by atoms with Gasteiger partial charge in [-0.3, -0.25) is 4.79 Å². The Labute approximate surface area is 173 Å². The molecule has 2 aromatic carbocycles. The zero-order chi connectivity index (χ0) is 20.8. The van der Waals surface area contributed by atoms with Crippen molar-refractivity contribution in [1.82, 2.24) is 4.98 Å². The molecule has 7 nitrogen and oxygen atoms in total. The molecule has 0 saturated carbocycles. The van der Waals surface area contributed by atoms with E-state index in [9.17, 15) is 4.79 Å². The minimum atomic E-state index is -0.309. The van der Waals surface area contributed by atoms with E-state index in [-0.39, 0.29) is 5.91 Å². The molecule has 0 bridgehead atoms. The Bertz CT molecular complexity index is 960. The summed E-state index contributed by atoms with van der Waals surface area (Å²) in [5, 5.41) is 5.42. The summed E-state index contributed by atoms with van der Waals surface area (Å²) in [4.78, 5) is 17.1. The average molecular weight is 414 g/mol. The molecule has 1 amide bonds. The van der Waals surface area contributed by atoms with E-state index in [1.807, 2.05) is 24.3 Å². The number of nitrogens with zero attached hydrogens (tertiary/aromatic N) is 1. The van der Waals surface area contributed by atoms with Crippen molar-refractivity contribution < 1.29 is 23.7 Å². The summed E-state index contributed by atoms with van der Waals surface area (Å²) in [5.74, 6) is 1.87. The first-order valence-corrected chi connectivity index (χ1v) is 9.64. The van der Waals surface area contributed by atoms with Gasteiger partial charge >= 0.3 is 0 Å². The molecule has 0 unspecified atom stereocenters. The second kappa shape index (κ2) is 9.29. The molecule has 1 heterocycles. The van der Waals surface area contributed by atoms with Crippen LogP contribution in [-0.2, 0) is 6.42 Å². The van der Waals surface area contributed by atoms with Gasteiger partial charge in [-0.2, -0.15) is 0 Å². The maximum Gasteiger partial charge on any atom is 0.275 e. The minimum absolute atomic E-state index is 0.309. The highest BCUT2D eigenvalue weighted by molar-refractivity contribution is 7.09. The van der Waals surface area contributed by atoms with Gasteiger partial charge in [-0.25, -0.2) is 4.98 Å². The molecule has 1 aromatic heterocycles. The van der Waals surface area contributed by atoms with Crippen molar-refractivity contribution in [3.8, 4) is 23.0 Å². The summed E-state index contributed by atoms with van der Waals surface area (Å²) >= 11 is 1.44. The van der Waals surface area contributed by atoms with Crippen LogP contribution in [0.1, 0.15) is 21.1 Å². The van der Waals surface area contributed by atoms with E-state index in [0.717, 1.165) is 16.3 Å². The maximum absolute atomic E-state index is 12.6. The number of nitrogens with one attached hydrogen (secondary N) is 1. The number of hydrogen-bond donors (Lipinski definition) is 1. The van der Waals surface area contributed by atoms with Gasteiger partial charge in [0, 0.05) is 29.6 Å². The van der Waals surface area contributed by atoms with Gasteiger partial charge in [0.1, 0.15) is 11.4 Å². The molecular formula is C21H22N2O5S. The fourth-order valence-corrected chi connectivity index (χ4v) is 3.57. The predicted octanol–water partition coefficient (Wildman–Crippen LogP) is 4.02. The Kier molecular flexibility index (Phi) is 6.56. The molecule has 1 N–H and O–H groups in total. The van der Waals surface area contributed by atoms with E-state index < -0.39 is 0 Å². The molecule has 0 aliphatic carbocycles. The normalized spacial score (nSPS) is 10.3. The first-order valence-electron chi connectivity index (χ1n) is 8.76. The lowest BCUT2D eigenvalue weighted by Crippen LogP contribution is -2.13. The third kappa shape index (κ3) is 4.78. The summed E-state index contributed by atoms with van der Waals surface area (Å²) in [6.45, 7) is 0. The summed E-state index contributed by atoms with van der Waals surface area (Å²) in [5.41, 5.74) is 1.97. The molecule has 0 atom stereocenters. The number of benzene rings is 2. The standard InChI is InChI=1S/C21H22N2O5S/c1-25-15-7-5-13(6-8-15)9-19-23-16(12-29-19)21(24)22-14-10-17(26-2)20(28-4)18(11-14)27-3/h5-8,10-12H,9H2,1-4H3,(H,22,24). The minimum Gasteiger partial charge on any atom is -0.497 e. The molecule has 8 heteroatoms. The lowest BCUT2D eigenvalue weighted by Gasteiger charge is -2.14. The molecule has 0 spiro atoms. The van der Waals surface area contributed by atoms with Gasteiger partial charge in [0.2, 0.25) is 5.75 Å². The van der Waals surface area contributed by atoms with Crippen LogP contribution in [0.15, 0.2) is 41.8 Å². The van der Waals surface area contributed by atoms with Gasteiger partial charge in [0.15, 0.2) is 11.5 Å². The average Bonchev–Trinajstić information content (AvgIpc) is 3.22. The number of hydrogen-bond acceptors (Lipinski definition) is 7. The Morgan fingerprint density at radius 2 is 1.62 bits per heavy atom. The van der Waals surface area contributed by atoms with Crippen LogP contribution in [-0.4, -0.2) is 39.3 Å². The van der Waals surface area contributed by atoms with E-state index >= 15 is 0 Å². The Hall–Kier alpha value is -3.26. The number of carbonyl (C=O) groups is 1. The summed E-state index contributed by atoms with van der Waals surface area (Å²) in [7, 11) is 6.20.